The van der Waals surface area contributed by atoms with Crippen LogP contribution in [0.4, 0.5) is 0 Å². The summed E-state index contributed by atoms with van der Waals surface area (Å²) in [6, 6.07) is 2.27. The van der Waals surface area contributed by atoms with Gasteiger partial charge in [-0.1, -0.05) is 5.21 Å². The quantitative estimate of drug-likeness (QED) is 0.797. The van der Waals surface area contributed by atoms with Crippen LogP contribution < -0.4 is 5.32 Å². The molecule has 0 atom stereocenters. The fraction of sp³-hybridized carbons (Fsp3) is 0.538. The molecule has 0 amide bonds. The standard InChI is InChI=1S/C13H18N6O/c1-3-18-10(4-9(2)16-18)5-13(20)12-8-19(17-15-12)11-6-14-7-11/h4,8,11,14H,3,5-7H2,1-2H3. The van der Waals surface area contributed by atoms with Crippen LogP contribution in [0.5, 0.6) is 0 Å². The average molecular weight is 274 g/mol. The maximum Gasteiger partial charge on any atom is 0.190 e. The van der Waals surface area contributed by atoms with Crippen molar-refractivity contribution in [1.29, 1.82) is 0 Å². The molecule has 1 aliphatic rings. The fourth-order valence-corrected chi connectivity index (χ4v) is 2.31. The van der Waals surface area contributed by atoms with Crippen molar-refractivity contribution in [3.05, 3.63) is 29.3 Å². The van der Waals surface area contributed by atoms with E-state index in [1.807, 2.05) is 24.6 Å². The smallest absolute Gasteiger partial charge is 0.190 e. The summed E-state index contributed by atoms with van der Waals surface area (Å²) in [6.07, 6.45) is 2.06. The second-order valence-electron chi connectivity index (χ2n) is 5.09. The van der Waals surface area contributed by atoms with Crippen molar-refractivity contribution in [2.75, 3.05) is 13.1 Å². The molecule has 0 aromatic carbocycles. The van der Waals surface area contributed by atoms with E-state index in [-0.39, 0.29) is 5.78 Å². The SMILES string of the molecule is CCn1nc(C)cc1CC(=O)c1cn(C2CNC2)nn1. The molecule has 0 spiro atoms. The van der Waals surface area contributed by atoms with Crippen LogP contribution >= 0.6 is 0 Å². The Hall–Kier alpha value is -2.02. The Labute approximate surface area is 117 Å². The monoisotopic (exact) mass is 274 g/mol. The first kappa shape index (κ1) is 13.0. The summed E-state index contributed by atoms with van der Waals surface area (Å²) >= 11 is 0. The van der Waals surface area contributed by atoms with E-state index in [2.05, 4.69) is 20.7 Å². The summed E-state index contributed by atoms with van der Waals surface area (Å²) in [5.74, 6) is -0.0156. The van der Waals surface area contributed by atoms with Crippen molar-refractivity contribution in [2.24, 2.45) is 0 Å². The van der Waals surface area contributed by atoms with Gasteiger partial charge in [-0.25, -0.2) is 4.68 Å². The number of aromatic nitrogens is 5. The zero-order valence-electron chi connectivity index (χ0n) is 11.7. The molecule has 7 heteroatoms. The minimum absolute atomic E-state index is 0.0156. The molecular formula is C13H18N6O. The highest BCUT2D eigenvalue weighted by Crippen LogP contribution is 2.12. The summed E-state index contributed by atoms with van der Waals surface area (Å²) in [5, 5.41) is 15.5. The lowest BCUT2D eigenvalue weighted by Crippen LogP contribution is -2.43. The van der Waals surface area contributed by atoms with E-state index in [0.29, 0.717) is 18.2 Å². The number of carbonyl (C=O) groups excluding carboxylic acids is 1. The van der Waals surface area contributed by atoms with Crippen molar-refractivity contribution >= 4 is 5.78 Å². The molecule has 3 heterocycles. The normalized spacial score (nSPS) is 15.3. The molecule has 0 bridgehead atoms. The van der Waals surface area contributed by atoms with E-state index >= 15 is 0 Å². The molecular weight excluding hydrogens is 256 g/mol. The molecule has 3 rings (SSSR count). The Morgan fingerprint density at radius 1 is 1.50 bits per heavy atom. The summed E-state index contributed by atoms with van der Waals surface area (Å²) in [4.78, 5) is 12.3. The summed E-state index contributed by atoms with van der Waals surface area (Å²) in [7, 11) is 0. The predicted octanol–water partition coefficient (Wildman–Crippen LogP) is 0.373. The molecule has 20 heavy (non-hydrogen) atoms. The molecule has 1 N–H and O–H groups in total. The minimum atomic E-state index is -0.0156. The largest absolute Gasteiger partial charge is 0.312 e. The van der Waals surface area contributed by atoms with Crippen LogP contribution in [-0.2, 0) is 13.0 Å². The minimum Gasteiger partial charge on any atom is -0.312 e. The summed E-state index contributed by atoms with van der Waals surface area (Å²) in [5.41, 5.74) is 2.28. The number of carbonyl (C=O) groups is 1. The number of ketones is 1. The number of hydrogen-bond acceptors (Lipinski definition) is 5. The molecule has 0 unspecified atom stereocenters. The van der Waals surface area contributed by atoms with Gasteiger partial charge >= 0.3 is 0 Å². The van der Waals surface area contributed by atoms with Gasteiger partial charge in [0, 0.05) is 25.3 Å². The number of aryl methyl sites for hydroxylation is 2. The van der Waals surface area contributed by atoms with E-state index < -0.39 is 0 Å². The lowest BCUT2D eigenvalue weighted by molar-refractivity contribution is 0.0985. The molecule has 1 fully saturated rings. The average Bonchev–Trinajstić information content (AvgIpc) is 2.94. The van der Waals surface area contributed by atoms with Crippen molar-refractivity contribution in [3.63, 3.8) is 0 Å². The first-order valence-corrected chi connectivity index (χ1v) is 6.86. The van der Waals surface area contributed by atoms with Crippen LogP contribution in [0.1, 0.15) is 34.8 Å². The molecule has 1 saturated heterocycles. The topological polar surface area (TPSA) is 77.6 Å². The molecule has 0 saturated carbocycles. The molecule has 1 aliphatic heterocycles. The van der Waals surface area contributed by atoms with Crippen molar-refractivity contribution in [2.45, 2.75) is 32.9 Å². The fourth-order valence-electron chi connectivity index (χ4n) is 2.31. The number of nitrogens with zero attached hydrogens (tertiary/aromatic N) is 5. The van der Waals surface area contributed by atoms with Crippen LogP contribution in [0.15, 0.2) is 12.3 Å². The van der Waals surface area contributed by atoms with E-state index in [4.69, 9.17) is 0 Å². The van der Waals surface area contributed by atoms with Crippen LogP contribution in [0.2, 0.25) is 0 Å². The van der Waals surface area contributed by atoms with E-state index in [1.54, 1.807) is 10.9 Å². The zero-order valence-corrected chi connectivity index (χ0v) is 11.7. The molecule has 2 aromatic rings. The van der Waals surface area contributed by atoms with Gasteiger partial charge in [0.05, 0.1) is 24.4 Å². The van der Waals surface area contributed by atoms with Gasteiger partial charge in [-0.15, -0.1) is 5.10 Å². The summed E-state index contributed by atoms with van der Waals surface area (Å²) in [6.45, 7) is 6.48. The van der Waals surface area contributed by atoms with Gasteiger partial charge < -0.3 is 5.32 Å². The van der Waals surface area contributed by atoms with Crippen LogP contribution in [0.3, 0.4) is 0 Å². The molecule has 106 valence electrons. The van der Waals surface area contributed by atoms with E-state index in [9.17, 15) is 4.79 Å². The second-order valence-corrected chi connectivity index (χ2v) is 5.09. The van der Waals surface area contributed by atoms with Gasteiger partial charge in [0.1, 0.15) is 5.69 Å². The van der Waals surface area contributed by atoms with Gasteiger partial charge in [-0.3, -0.25) is 9.48 Å². The zero-order chi connectivity index (χ0) is 14.1. The Morgan fingerprint density at radius 3 is 2.95 bits per heavy atom. The van der Waals surface area contributed by atoms with Crippen LogP contribution in [0.25, 0.3) is 0 Å². The third kappa shape index (κ3) is 2.36. The Balaban J connectivity index is 1.73. The maximum atomic E-state index is 12.3. The first-order chi connectivity index (χ1) is 9.67. The second kappa shape index (κ2) is 5.16. The van der Waals surface area contributed by atoms with E-state index in [0.717, 1.165) is 31.0 Å². The number of Topliss-reactive ketones (excluding diaryl/α,β-unsaturated/α-hetero) is 1. The molecule has 7 nitrogen and oxygen atoms in total. The summed E-state index contributed by atoms with van der Waals surface area (Å²) < 4.78 is 3.62. The Kier molecular flexibility index (Phi) is 3.35. The molecule has 2 aromatic heterocycles. The highest BCUT2D eigenvalue weighted by atomic mass is 16.1. The predicted molar refractivity (Wildman–Crippen MR) is 72.6 cm³/mol. The van der Waals surface area contributed by atoms with Gasteiger partial charge in [0.15, 0.2) is 5.78 Å². The van der Waals surface area contributed by atoms with Gasteiger partial charge in [-0.2, -0.15) is 5.10 Å². The van der Waals surface area contributed by atoms with Crippen LogP contribution in [-0.4, -0.2) is 43.6 Å². The van der Waals surface area contributed by atoms with Gasteiger partial charge in [0.2, 0.25) is 0 Å². The first-order valence-electron chi connectivity index (χ1n) is 6.86. The number of hydrogen-bond donors (Lipinski definition) is 1. The van der Waals surface area contributed by atoms with Gasteiger partial charge in [0.25, 0.3) is 0 Å². The highest BCUT2D eigenvalue weighted by Gasteiger charge is 2.22. The van der Waals surface area contributed by atoms with Crippen LogP contribution in [0, 0.1) is 6.92 Å². The molecule has 0 radical (unpaired) electrons. The van der Waals surface area contributed by atoms with Crippen molar-refractivity contribution < 1.29 is 4.79 Å². The lowest BCUT2D eigenvalue weighted by atomic mass is 10.1. The van der Waals surface area contributed by atoms with Crippen molar-refractivity contribution in [1.82, 2.24) is 30.1 Å². The van der Waals surface area contributed by atoms with Crippen molar-refractivity contribution in [3.8, 4) is 0 Å². The lowest BCUT2D eigenvalue weighted by Gasteiger charge is -2.26. The third-order valence-electron chi connectivity index (χ3n) is 3.56. The third-order valence-corrected chi connectivity index (χ3v) is 3.56. The molecule has 0 aliphatic carbocycles. The van der Waals surface area contributed by atoms with E-state index in [1.165, 1.54) is 0 Å². The highest BCUT2D eigenvalue weighted by molar-refractivity contribution is 5.95. The Morgan fingerprint density at radius 2 is 2.30 bits per heavy atom. The maximum absolute atomic E-state index is 12.3. The Bertz CT molecular complexity index is 625. The number of nitrogens with one attached hydrogen (secondary N) is 1. The number of rotatable bonds is 5. The van der Waals surface area contributed by atoms with Gasteiger partial charge in [-0.05, 0) is 19.9 Å².